The van der Waals surface area contributed by atoms with Crippen LogP contribution in [-0.4, -0.2) is 53.7 Å². The Hall–Kier alpha value is -4.59. The summed E-state index contributed by atoms with van der Waals surface area (Å²) in [6.45, 7) is 7.03. The van der Waals surface area contributed by atoms with E-state index in [-0.39, 0.29) is 42.3 Å². The highest BCUT2D eigenvalue weighted by molar-refractivity contribution is 5.83. The number of benzene rings is 3. The summed E-state index contributed by atoms with van der Waals surface area (Å²) in [5, 5.41) is 33.5. The number of nitrogens with two attached hydrogens (primary N) is 2. The van der Waals surface area contributed by atoms with E-state index in [1.807, 2.05) is 30.3 Å². The minimum atomic E-state index is -0.836. The van der Waals surface area contributed by atoms with Crippen LogP contribution in [0.15, 0.2) is 41.4 Å². The van der Waals surface area contributed by atoms with E-state index >= 15 is 0 Å². The SMILES string of the molecule is CCCCC[C@H]1Cc2cc(O)c(CC(C)C)cc2-c2c(OC)cc3c(c21)C[C@@H](O)[C@H](c1ccc2c(c1)O[C@@H]1[C@H](CC#CO2)CC[C@H](CO)[C@H]1CCN=C(N)N)O3. The second-order valence-corrected chi connectivity index (χ2v) is 16.7. The number of guanidine groups is 1. The summed E-state index contributed by atoms with van der Waals surface area (Å²) < 4.78 is 25.8. The Kier molecular flexibility index (Phi) is 12.2. The Morgan fingerprint density at radius 3 is 2.61 bits per heavy atom. The Bertz CT molecular complexity index is 1980. The van der Waals surface area contributed by atoms with E-state index in [1.165, 1.54) is 5.56 Å². The molecule has 56 heavy (non-hydrogen) atoms. The van der Waals surface area contributed by atoms with Crippen molar-refractivity contribution in [3.63, 3.8) is 0 Å². The number of methoxy groups -OCH3 is 1. The molecule has 0 unspecified atom stereocenters. The molecular formula is C46H59N3O7. The summed E-state index contributed by atoms with van der Waals surface area (Å²) >= 11 is 0. The van der Waals surface area contributed by atoms with Crippen molar-refractivity contribution in [1.29, 1.82) is 0 Å². The van der Waals surface area contributed by atoms with Gasteiger partial charge in [0.05, 0.1) is 13.2 Å². The number of fused-ring (bicyclic) bond motifs is 7. The molecule has 3 aromatic rings. The number of aliphatic hydroxyl groups is 2. The number of rotatable bonds is 12. The summed E-state index contributed by atoms with van der Waals surface area (Å²) in [7, 11) is 1.70. The molecule has 10 heteroatoms. The largest absolute Gasteiger partial charge is 0.508 e. The first-order chi connectivity index (χ1) is 27.1. The van der Waals surface area contributed by atoms with Gasteiger partial charge in [0.25, 0.3) is 0 Å². The van der Waals surface area contributed by atoms with Gasteiger partial charge in [-0.25, -0.2) is 0 Å². The van der Waals surface area contributed by atoms with Gasteiger partial charge in [0.1, 0.15) is 35.6 Å². The molecule has 7 atom stereocenters. The van der Waals surface area contributed by atoms with Crippen LogP contribution < -0.4 is 30.4 Å². The first-order valence-corrected chi connectivity index (χ1v) is 20.6. The third-order valence-corrected chi connectivity index (χ3v) is 12.4. The zero-order valence-electron chi connectivity index (χ0n) is 33.4. The highest BCUT2D eigenvalue weighted by atomic mass is 16.5. The van der Waals surface area contributed by atoms with Crippen LogP contribution in [-0.2, 0) is 19.3 Å². The fraction of sp³-hybridized carbons (Fsp3) is 0.543. The molecule has 0 spiro atoms. The summed E-state index contributed by atoms with van der Waals surface area (Å²) in [5.41, 5.74) is 18.5. The Labute approximate surface area is 331 Å². The van der Waals surface area contributed by atoms with Crippen LogP contribution in [0.3, 0.4) is 0 Å². The van der Waals surface area contributed by atoms with Crippen molar-refractivity contribution in [2.45, 2.75) is 116 Å². The number of ether oxygens (including phenoxy) is 4. The molecule has 0 aromatic heterocycles. The number of phenolic OH excluding ortho intramolecular Hbond substituents is 1. The maximum atomic E-state index is 12.0. The van der Waals surface area contributed by atoms with Gasteiger partial charge in [-0.2, -0.15) is 0 Å². The summed E-state index contributed by atoms with van der Waals surface area (Å²) in [4.78, 5) is 4.24. The molecule has 7 rings (SSSR count). The lowest BCUT2D eigenvalue weighted by Crippen LogP contribution is -2.44. The number of aliphatic imine (C=N–C) groups is 1. The molecule has 0 amide bonds. The molecule has 3 aromatic carbocycles. The molecule has 10 nitrogen and oxygen atoms in total. The molecule has 4 aliphatic rings. The van der Waals surface area contributed by atoms with Crippen LogP contribution in [0.25, 0.3) is 11.1 Å². The summed E-state index contributed by atoms with van der Waals surface area (Å²) in [6, 6.07) is 11.8. The van der Waals surface area contributed by atoms with E-state index in [0.717, 1.165) is 90.5 Å². The standard InChI is InChI=1S/C46H59N3O7/c1-5-6-7-9-28-19-31-21-36(51)32(18-26(2)3)20-34(31)43-41(53-4)24-39-35(42(28)43)23-37(52)45(55-39)29-13-14-38-40(22-29)56-44-27(10-8-17-54-38)11-12-30(25-50)33(44)15-16-49-46(47)48/h13-14,20-22,24,26-28,30,33,37,44-45,50-52H,5-7,9-12,15-16,18-19,23,25H2,1-4H3,(H4,47,48,49)/t27-,28+,30-,33-,37-,44-,45+/m1/s1. The Morgan fingerprint density at radius 1 is 1.02 bits per heavy atom. The number of aromatic hydroxyl groups is 1. The third-order valence-electron chi connectivity index (χ3n) is 12.4. The lowest BCUT2D eigenvalue weighted by molar-refractivity contribution is -0.0157. The van der Waals surface area contributed by atoms with Crippen molar-refractivity contribution in [3.05, 3.63) is 64.2 Å². The normalized spacial score (nSPS) is 24.7. The van der Waals surface area contributed by atoms with Crippen molar-refractivity contribution in [3.8, 4) is 51.9 Å². The lowest BCUT2D eigenvalue weighted by atomic mass is 9.69. The van der Waals surface area contributed by atoms with Crippen molar-refractivity contribution >= 4 is 5.96 Å². The Morgan fingerprint density at radius 2 is 1.86 bits per heavy atom. The van der Waals surface area contributed by atoms with E-state index in [2.05, 4.69) is 43.9 Å². The fourth-order valence-electron chi connectivity index (χ4n) is 9.74. The third kappa shape index (κ3) is 8.12. The molecule has 2 aliphatic heterocycles. The van der Waals surface area contributed by atoms with Gasteiger partial charge in [-0.3, -0.25) is 4.99 Å². The van der Waals surface area contributed by atoms with E-state index in [4.69, 9.17) is 30.4 Å². The minimum Gasteiger partial charge on any atom is -0.508 e. The maximum Gasteiger partial charge on any atom is 0.185 e. The van der Waals surface area contributed by atoms with Crippen LogP contribution in [0.1, 0.15) is 112 Å². The highest BCUT2D eigenvalue weighted by Gasteiger charge is 2.42. The quantitative estimate of drug-likeness (QED) is 0.0551. The van der Waals surface area contributed by atoms with Gasteiger partial charge < -0.3 is 45.7 Å². The first-order valence-electron chi connectivity index (χ1n) is 20.6. The monoisotopic (exact) mass is 765 g/mol. The molecule has 0 bridgehead atoms. The maximum absolute atomic E-state index is 12.0. The molecule has 1 saturated carbocycles. The number of unbranched alkanes of at least 4 members (excludes halogenated alkanes) is 2. The number of hydrogen-bond acceptors (Lipinski definition) is 8. The van der Waals surface area contributed by atoms with Crippen LogP contribution in [0.2, 0.25) is 0 Å². The topological polar surface area (TPSA) is 162 Å². The summed E-state index contributed by atoms with van der Waals surface area (Å²) in [6.07, 6.45) is 10.5. The highest BCUT2D eigenvalue weighted by Crippen LogP contribution is 2.54. The number of phenols is 1. The van der Waals surface area contributed by atoms with Gasteiger partial charge in [0, 0.05) is 55.0 Å². The van der Waals surface area contributed by atoms with Crippen molar-refractivity contribution in [2.24, 2.45) is 40.1 Å². The van der Waals surface area contributed by atoms with E-state index in [1.54, 1.807) is 7.11 Å². The number of hydrogen-bond donors (Lipinski definition) is 5. The van der Waals surface area contributed by atoms with E-state index in [9.17, 15) is 15.3 Å². The van der Waals surface area contributed by atoms with Gasteiger partial charge in [0.2, 0.25) is 0 Å². The van der Waals surface area contributed by atoms with Crippen molar-refractivity contribution in [1.82, 2.24) is 0 Å². The van der Waals surface area contributed by atoms with Gasteiger partial charge in [0.15, 0.2) is 17.5 Å². The zero-order valence-corrected chi connectivity index (χ0v) is 33.4. The second kappa shape index (κ2) is 17.3. The molecule has 300 valence electrons. The van der Waals surface area contributed by atoms with Gasteiger partial charge in [-0.1, -0.05) is 52.0 Å². The molecule has 7 N–H and O–H groups in total. The van der Waals surface area contributed by atoms with Crippen molar-refractivity contribution in [2.75, 3.05) is 20.3 Å². The van der Waals surface area contributed by atoms with Crippen LogP contribution in [0.4, 0.5) is 0 Å². The van der Waals surface area contributed by atoms with Gasteiger partial charge >= 0.3 is 0 Å². The molecule has 0 saturated heterocycles. The predicted octanol–water partition coefficient (Wildman–Crippen LogP) is 7.31. The lowest BCUT2D eigenvalue weighted by Gasteiger charge is -2.42. The molecule has 1 fully saturated rings. The molecular weight excluding hydrogens is 707 g/mol. The second-order valence-electron chi connectivity index (χ2n) is 16.7. The predicted molar refractivity (Wildman–Crippen MR) is 218 cm³/mol. The molecule has 2 heterocycles. The summed E-state index contributed by atoms with van der Waals surface area (Å²) in [5.74, 6) is 6.81. The number of nitrogens with zero attached hydrogens (tertiary/aromatic N) is 1. The van der Waals surface area contributed by atoms with E-state index < -0.39 is 12.2 Å². The first kappa shape index (κ1) is 39.6. The van der Waals surface area contributed by atoms with Gasteiger partial charge in [-0.15, -0.1) is 0 Å². The average molecular weight is 766 g/mol. The van der Waals surface area contributed by atoms with Gasteiger partial charge in [-0.05, 0) is 108 Å². The Balaban J connectivity index is 1.25. The number of aliphatic hydroxyl groups excluding tert-OH is 2. The molecule has 2 aliphatic carbocycles. The minimum absolute atomic E-state index is 0.00103. The smallest absolute Gasteiger partial charge is 0.185 e. The van der Waals surface area contributed by atoms with Crippen LogP contribution >= 0.6 is 0 Å². The van der Waals surface area contributed by atoms with Crippen LogP contribution in [0.5, 0.6) is 28.7 Å². The van der Waals surface area contributed by atoms with Crippen molar-refractivity contribution < 1.29 is 34.3 Å². The molecule has 0 radical (unpaired) electrons. The zero-order chi connectivity index (χ0) is 39.5. The van der Waals surface area contributed by atoms with Crippen LogP contribution in [0, 0.1) is 35.7 Å². The average Bonchev–Trinajstić information content (AvgIpc) is 3.26. The van der Waals surface area contributed by atoms with E-state index in [0.29, 0.717) is 54.7 Å². The fourth-order valence-corrected chi connectivity index (χ4v) is 9.74.